The van der Waals surface area contributed by atoms with Crippen LogP contribution in [0.5, 0.6) is 0 Å². The molecule has 0 saturated heterocycles. The lowest BCUT2D eigenvalue weighted by Crippen LogP contribution is -2.41. The molecule has 94 valence electrons. The first-order valence-electron chi connectivity index (χ1n) is 5.12. The molecule has 18 heavy (non-hydrogen) atoms. The standard InChI is InChI=1S/C12H10Cl2N2O2/c1-2-18-11(17)12(13,8-15)10(16-14)9-6-4-3-5-7-9/h3-7H,2H2,1H3/t12-/m1/s1. The minimum atomic E-state index is -2.04. The predicted octanol–water partition coefficient (Wildman–Crippen LogP) is 2.69. The van der Waals surface area contributed by atoms with E-state index in [2.05, 4.69) is 4.51 Å². The topological polar surface area (TPSA) is 62.5 Å². The van der Waals surface area contributed by atoms with E-state index in [1.54, 1.807) is 43.3 Å². The number of benzene rings is 1. The molecule has 0 aliphatic carbocycles. The van der Waals surface area contributed by atoms with Gasteiger partial charge < -0.3 is 4.74 Å². The Bertz CT molecular complexity index is 497. The monoisotopic (exact) mass is 284 g/mol. The van der Waals surface area contributed by atoms with Gasteiger partial charge in [-0.3, -0.25) is 0 Å². The smallest absolute Gasteiger partial charge is 0.348 e. The molecule has 0 bridgehead atoms. The van der Waals surface area contributed by atoms with Gasteiger partial charge in [-0.2, -0.15) is 9.77 Å². The zero-order chi connectivity index (χ0) is 13.6. The number of hydrogen-bond acceptors (Lipinski definition) is 4. The molecular weight excluding hydrogens is 275 g/mol. The number of alkyl halides is 1. The van der Waals surface area contributed by atoms with Crippen LogP contribution in [0.15, 0.2) is 34.8 Å². The van der Waals surface area contributed by atoms with E-state index >= 15 is 0 Å². The Hall–Kier alpha value is -1.57. The van der Waals surface area contributed by atoms with E-state index in [1.807, 2.05) is 0 Å². The van der Waals surface area contributed by atoms with Gasteiger partial charge in [-0.15, -0.1) is 0 Å². The summed E-state index contributed by atoms with van der Waals surface area (Å²) in [5.41, 5.74) is 0.435. The van der Waals surface area contributed by atoms with Gasteiger partial charge in [0.15, 0.2) is 0 Å². The van der Waals surface area contributed by atoms with Crippen molar-refractivity contribution in [3.8, 4) is 6.07 Å². The Morgan fingerprint density at radius 2 is 2.11 bits per heavy atom. The van der Waals surface area contributed by atoms with Crippen molar-refractivity contribution >= 4 is 35.1 Å². The molecule has 6 heteroatoms. The van der Waals surface area contributed by atoms with E-state index in [0.717, 1.165) is 0 Å². The van der Waals surface area contributed by atoms with Gasteiger partial charge >= 0.3 is 5.97 Å². The first kappa shape index (κ1) is 14.5. The summed E-state index contributed by atoms with van der Waals surface area (Å²) in [7, 11) is 0. The maximum atomic E-state index is 11.8. The van der Waals surface area contributed by atoms with Crippen molar-refractivity contribution in [1.82, 2.24) is 0 Å². The van der Waals surface area contributed by atoms with Crippen molar-refractivity contribution in [3.63, 3.8) is 0 Å². The van der Waals surface area contributed by atoms with E-state index in [9.17, 15) is 4.79 Å². The Morgan fingerprint density at radius 3 is 2.56 bits per heavy atom. The molecule has 0 heterocycles. The number of carbonyl (C=O) groups excluding carboxylic acids is 1. The highest BCUT2D eigenvalue weighted by Crippen LogP contribution is 2.24. The van der Waals surface area contributed by atoms with Gasteiger partial charge in [-0.05, 0) is 6.92 Å². The van der Waals surface area contributed by atoms with Crippen LogP contribution in [0.2, 0.25) is 0 Å². The molecule has 1 aromatic rings. The molecule has 0 aromatic heterocycles. The zero-order valence-electron chi connectivity index (χ0n) is 9.56. The molecule has 0 aliphatic heterocycles. The summed E-state index contributed by atoms with van der Waals surface area (Å²) in [6.45, 7) is 1.73. The van der Waals surface area contributed by atoms with Crippen LogP contribution in [-0.2, 0) is 9.53 Å². The van der Waals surface area contributed by atoms with E-state index in [4.69, 9.17) is 33.4 Å². The lowest BCUT2D eigenvalue weighted by molar-refractivity contribution is -0.142. The van der Waals surface area contributed by atoms with Crippen LogP contribution in [0.3, 0.4) is 0 Å². The fourth-order valence-electron chi connectivity index (χ4n) is 1.33. The average Bonchev–Trinajstić information content (AvgIpc) is 2.40. The summed E-state index contributed by atoms with van der Waals surface area (Å²) >= 11 is 11.5. The third-order valence-corrected chi connectivity index (χ3v) is 2.76. The highest BCUT2D eigenvalue weighted by atomic mass is 35.5. The Balaban J connectivity index is 3.23. The number of carbonyl (C=O) groups is 1. The fraction of sp³-hybridized carbons (Fsp3) is 0.250. The number of nitrogens with zero attached hydrogens (tertiary/aromatic N) is 2. The molecule has 1 atom stereocenters. The third kappa shape index (κ3) is 2.81. The molecule has 1 aromatic carbocycles. The van der Waals surface area contributed by atoms with Crippen LogP contribution in [0.1, 0.15) is 12.5 Å². The largest absolute Gasteiger partial charge is 0.464 e. The molecule has 0 spiro atoms. The van der Waals surface area contributed by atoms with Crippen molar-refractivity contribution < 1.29 is 9.53 Å². The normalized spacial score (nSPS) is 14.4. The van der Waals surface area contributed by atoms with Gasteiger partial charge in [0.2, 0.25) is 0 Å². The molecule has 0 fully saturated rings. The SMILES string of the molecule is CCOC(=O)[C@@](Cl)(C#N)C(=NCl)c1ccccc1. The maximum absolute atomic E-state index is 11.8. The lowest BCUT2D eigenvalue weighted by Gasteiger charge is -2.18. The number of nitriles is 1. The zero-order valence-corrected chi connectivity index (χ0v) is 11.1. The van der Waals surface area contributed by atoms with E-state index < -0.39 is 10.8 Å². The number of hydrogen-bond donors (Lipinski definition) is 0. The van der Waals surface area contributed by atoms with Crippen LogP contribution in [0.25, 0.3) is 0 Å². The minimum Gasteiger partial charge on any atom is -0.464 e. The third-order valence-electron chi connectivity index (χ3n) is 2.17. The number of esters is 1. The quantitative estimate of drug-likeness (QED) is 0.485. The molecule has 4 nitrogen and oxygen atoms in total. The summed E-state index contributed by atoms with van der Waals surface area (Å²) in [4.78, 5) is 9.71. The van der Waals surface area contributed by atoms with E-state index in [1.165, 1.54) is 0 Å². The second kappa shape index (κ2) is 6.39. The first-order valence-corrected chi connectivity index (χ1v) is 5.84. The minimum absolute atomic E-state index is 0.0487. The highest BCUT2D eigenvalue weighted by Gasteiger charge is 2.44. The molecule has 0 saturated carbocycles. The van der Waals surface area contributed by atoms with E-state index in [0.29, 0.717) is 5.56 Å². The van der Waals surface area contributed by atoms with Crippen molar-refractivity contribution in [1.29, 1.82) is 5.26 Å². The summed E-state index contributed by atoms with van der Waals surface area (Å²) < 4.78 is 8.21. The van der Waals surface area contributed by atoms with Crippen LogP contribution in [0.4, 0.5) is 0 Å². The molecule has 1 rings (SSSR count). The summed E-state index contributed by atoms with van der Waals surface area (Å²) in [5.74, 6) is -0.891. The lowest BCUT2D eigenvalue weighted by atomic mass is 9.97. The van der Waals surface area contributed by atoms with Gasteiger partial charge in [-0.25, -0.2) is 4.79 Å². The van der Waals surface area contributed by atoms with Crippen molar-refractivity contribution in [3.05, 3.63) is 35.9 Å². The molecule has 0 radical (unpaired) electrons. The van der Waals surface area contributed by atoms with Gasteiger partial charge in [0.05, 0.1) is 6.61 Å². The Morgan fingerprint density at radius 1 is 1.50 bits per heavy atom. The van der Waals surface area contributed by atoms with Crippen molar-refractivity contribution in [2.24, 2.45) is 4.51 Å². The van der Waals surface area contributed by atoms with Gasteiger partial charge in [-0.1, -0.05) is 41.9 Å². The highest BCUT2D eigenvalue weighted by molar-refractivity contribution is 6.52. The van der Waals surface area contributed by atoms with Crippen LogP contribution in [0, 0.1) is 11.3 Å². The van der Waals surface area contributed by atoms with E-state index in [-0.39, 0.29) is 12.3 Å². The molecule has 0 unspecified atom stereocenters. The van der Waals surface area contributed by atoms with Crippen molar-refractivity contribution in [2.75, 3.05) is 6.61 Å². The van der Waals surface area contributed by atoms with Crippen LogP contribution in [-0.4, -0.2) is 23.2 Å². The van der Waals surface area contributed by atoms with Gasteiger partial charge in [0.25, 0.3) is 4.87 Å². The van der Waals surface area contributed by atoms with Crippen molar-refractivity contribution in [2.45, 2.75) is 11.8 Å². The van der Waals surface area contributed by atoms with Gasteiger partial charge in [0, 0.05) is 17.3 Å². The van der Waals surface area contributed by atoms with Gasteiger partial charge in [0.1, 0.15) is 11.8 Å². The second-order valence-corrected chi connectivity index (χ2v) is 4.03. The molecular formula is C12H10Cl2N2O2. The molecule has 0 amide bonds. The number of ether oxygens (including phenoxy) is 1. The predicted molar refractivity (Wildman–Crippen MR) is 69.7 cm³/mol. The summed E-state index contributed by atoms with van der Waals surface area (Å²) in [6.07, 6.45) is 0. The summed E-state index contributed by atoms with van der Waals surface area (Å²) in [5, 5.41) is 9.12. The molecule has 0 aliphatic rings. The number of halogens is 2. The second-order valence-electron chi connectivity index (χ2n) is 3.29. The molecule has 0 N–H and O–H groups in total. The first-order chi connectivity index (χ1) is 8.60. The Kier molecular flexibility index (Phi) is 5.14. The fourth-order valence-corrected chi connectivity index (χ4v) is 1.80. The number of rotatable bonds is 4. The van der Waals surface area contributed by atoms with Crippen LogP contribution < -0.4 is 0 Å². The Labute approximate surface area is 115 Å². The average molecular weight is 285 g/mol. The summed E-state index contributed by atoms with van der Waals surface area (Å²) in [6, 6.07) is 10.2. The van der Waals surface area contributed by atoms with Crippen LogP contribution >= 0.6 is 23.4 Å². The maximum Gasteiger partial charge on any atom is 0.348 e.